The van der Waals surface area contributed by atoms with Gasteiger partial charge in [0.1, 0.15) is 10.6 Å². The Kier molecular flexibility index (Phi) is 6.82. The zero-order valence-electron chi connectivity index (χ0n) is 13.3. The van der Waals surface area contributed by atoms with Crippen LogP contribution in [0.3, 0.4) is 0 Å². The highest BCUT2D eigenvalue weighted by molar-refractivity contribution is 7.89. The van der Waals surface area contributed by atoms with Gasteiger partial charge in [-0.2, -0.15) is 0 Å². The number of ether oxygens (including phenoxy) is 1. The maximum Gasteiger partial charge on any atom is 0.251 e. The zero-order valence-corrected chi connectivity index (χ0v) is 15.0. The van der Waals surface area contributed by atoms with E-state index in [0.717, 1.165) is 23.8 Å². The van der Waals surface area contributed by atoms with Crippen LogP contribution in [-0.2, 0) is 10.0 Å². The van der Waals surface area contributed by atoms with E-state index in [4.69, 9.17) is 4.74 Å². The van der Waals surface area contributed by atoms with Gasteiger partial charge >= 0.3 is 0 Å². The number of methoxy groups -OCH3 is 1. The fourth-order valence-corrected chi connectivity index (χ4v) is 3.34. The molecule has 0 saturated carbocycles. The molecule has 2 N–H and O–H groups in total. The predicted molar refractivity (Wildman–Crippen MR) is 89.9 cm³/mol. The molecule has 1 unspecified atom stereocenters. The van der Waals surface area contributed by atoms with Crippen molar-refractivity contribution in [1.29, 1.82) is 0 Å². The molecule has 1 saturated heterocycles. The van der Waals surface area contributed by atoms with E-state index in [-0.39, 0.29) is 35.0 Å². The fourth-order valence-electron chi connectivity index (χ4n) is 2.26. The van der Waals surface area contributed by atoms with Crippen LogP contribution in [0.2, 0.25) is 0 Å². The Bertz CT molecular complexity index is 658. The Hall–Kier alpha value is -1.35. The largest absolute Gasteiger partial charge is 0.495 e. The molecule has 1 heterocycles. The van der Waals surface area contributed by atoms with Crippen LogP contribution < -0.4 is 15.4 Å². The third-order valence-electron chi connectivity index (χ3n) is 3.58. The van der Waals surface area contributed by atoms with E-state index >= 15 is 0 Å². The second-order valence-electron chi connectivity index (χ2n) is 5.32. The molecule has 1 amide bonds. The second-order valence-corrected chi connectivity index (χ2v) is 7.44. The topological polar surface area (TPSA) is 87.7 Å². The molecule has 130 valence electrons. The van der Waals surface area contributed by atoms with Crippen LogP contribution in [0.5, 0.6) is 5.75 Å². The first kappa shape index (κ1) is 19.7. The average molecular weight is 364 g/mol. The molecule has 1 fully saturated rings. The standard InChI is InChI=1S/C14H21N3O4S.ClH/c1-17(2)22(19,20)13-8-10(4-5-12(13)21-3)14(18)16-11-6-7-15-9-11;/h4-5,8,11,15H,6-7,9H2,1-3H3,(H,16,18);1H. The van der Waals surface area contributed by atoms with Gasteiger partial charge in [0.25, 0.3) is 5.91 Å². The molecule has 1 aliphatic heterocycles. The summed E-state index contributed by atoms with van der Waals surface area (Å²) in [6.45, 7) is 1.60. The lowest BCUT2D eigenvalue weighted by Gasteiger charge is -2.16. The molecule has 2 rings (SSSR count). The summed E-state index contributed by atoms with van der Waals surface area (Å²) in [6.07, 6.45) is 0.866. The summed E-state index contributed by atoms with van der Waals surface area (Å²) in [5, 5.41) is 6.05. The minimum absolute atomic E-state index is 0. The van der Waals surface area contributed by atoms with Crippen molar-refractivity contribution in [1.82, 2.24) is 14.9 Å². The average Bonchev–Trinajstić information content (AvgIpc) is 2.99. The molecule has 1 aliphatic rings. The number of hydrogen-bond donors (Lipinski definition) is 2. The van der Waals surface area contributed by atoms with Crippen molar-refractivity contribution in [3.05, 3.63) is 23.8 Å². The van der Waals surface area contributed by atoms with Gasteiger partial charge in [0.15, 0.2) is 0 Å². The number of halogens is 1. The maximum absolute atomic E-state index is 12.3. The van der Waals surface area contributed by atoms with Gasteiger partial charge in [0, 0.05) is 32.2 Å². The molecular weight excluding hydrogens is 342 g/mol. The van der Waals surface area contributed by atoms with Crippen LogP contribution in [0.25, 0.3) is 0 Å². The quantitative estimate of drug-likeness (QED) is 0.793. The van der Waals surface area contributed by atoms with Gasteiger partial charge in [-0.1, -0.05) is 0 Å². The fraction of sp³-hybridized carbons (Fsp3) is 0.500. The second kappa shape index (κ2) is 7.96. The van der Waals surface area contributed by atoms with Gasteiger partial charge in [-0.3, -0.25) is 4.79 Å². The number of benzene rings is 1. The summed E-state index contributed by atoms with van der Waals surface area (Å²) in [5.74, 6) is -0.0701. The Morgan fingerprint density at radius 2 is 2.09 bits per heavy atom. The lowest BCUT2D eigenvalue weighted by atomic mass is 10.2. The minimum atomic E-state index is -3.69. The Balaban J connectivity index is 0.00000264. The van der Waals surface area contributed by atoms with Gasteiger partial charge in [0.2, 0.25) is 10.0 Å². The number of amides is 1. The SMILES string of the molecule is COc1ccc(C(=O)NC2CCNC2)cc1S(=O)(=O)N(C)C.Cl. The Labute approximate surface area is 142 Å². The number of carbonyl (C=O) groups is 1. The maximum atomic E-state index is 12.3. The Morgan fingerprint density at radius 1 is 1.39 bits per heavy atom. The minimum Gasteiger partial charge on any atom is -0.495 e. The zero-order chi connectivity index (χ0) is 16.3. The van der Waals surface area contributed by atoms with Crippen molar-refractivity contribution in [2.75, 3.05) is 34.3 Å². The van der Waals surface area contributed by atoms with Crippen molar-refractivity contribution in [3.63, 3.8) is 0 Å². The van der Waals surface area contributed by atoms with Crippen molar-refractivity contribution >= 4 is 28.3 Å². The number of hydrogen-bond acceptors (Lipinski definition) is 5. The molecule has 23 heavy (non-hydrogen) atoms. The van der Waals surface area contributed by atoms with Gasteiger partial charge < -0.3 is 15.4 Å². The van der Waals surface area contributed by atoms with E-state index in [1.54, 1.807) is 6.07 Å². The van der Waals surface area contributed by atoms with Crippen molar-refractivity contribution in [2.24, 2.45) is 0 Å². The van der Waals surface area contributed by atoms with Gasteiger partial charge in [-0.25, -0.2) is 12.7 Å². The van der Waals surface area contributed by atoms with Crippen LogP contribution in [-0.4, -0.2) is 59.0 Å². The highest BCUT2D eigenvalue weighted by Crippen LogP contribution is 2.26. The lowest BCUT2D eigenvalue weighted by molar-refractivity contribution is 0.0940. The molecule has 9 heteroatoms. The Morgan fingerprint density at radius 3 is 2.61 bits per heavy atom. The number of nitrogens with zero attached hydrogens (tertiary/aromatic N) is 1. The summed E-state index contributed by atoms with van der Waals surface area (Å²) in [6, 6.07) is 4.48. The van der Waals surface area contributed by atoms with Crippen LogP contribution >= 0.6 is 12.4 Å². The molecule has 0 bridgehead atoms. The first-order valence-electron chi connectivity index (χ1n) is 6.98. The van der Waals surface area contributed by atoms with Gasteiger partial charge in [0.05, 0.1) is 7.11 Å². The van der Waals surface area contributed by atoms with Crippen molar-refractivity contribution in [3.8, 4) is 5.75 Å². The third-order valence-corrected chi connectivity index (χ3v) is 5.42. The molecular formula is C14H22ClN3O4S. The summed E-state index contributed by atoms with van der Waals surface area (Å²) in [7, 11) is 0.582. The van der Waals surface area contributed by atoms with Gasteiger partial charge in [-0.15, -0.1) is 12.4 Å². The normalized spacial score (nSPS) is 17.7. The van der Waals surface area contributed by atoms with Crippen molar-refractivity contribution < 1.29 is 17.9 Å². The first-order chi connectivity index (χ1) is 10.4. The lowest BCUT2D eigenvalue weighted by Crippen LogP contribution is -2.36. The molecule has 0 aromatic heterocycles. The van der Waals surface area contributed by atoms with Crippen LogP contribution in [0, 0.1) is 0 Å². The number of nitrogens with one attached hydrogen (secondary N) is 2. The number of sulfonamides is 1. The van der Waals surface area contributed by atoms with Crippen LogP contribution in [0.15, 0.2) is 23.1 Å². The third kappa shape index (κ3) is 4.35. The molecule has 1 aromatic carbocycles. The monoisotopic (exact) mass is 363 g/mol. The van der Waals surface area contributed by atoms with E-state index in [1.807, 2.05) is 0 Å². The summed E-state index contributed by atoms with van der Waals surface area (Å²) >= 11 is 0. The summed E-state index contributed by atoms with van der Waals surface area (Å²) < 4.78 is 30.9. The number of rotatable bonds is 5. The molecule has 1 atom stereocenters. The molecule has 7 nitrogen and oxygen atoms in total. The summed E-state index contributed by atoms with van der Waals surface area (Å²) in [4.78, 5) is 12.2. The van der Waals surface area contributed by atoms with Gasteiger partial charge in [-0.05, 0) is 31.2 Å². The van der Waals surface area contributed by atoms with Crippen molar-refractivity contribution in [2.45, 2.75) is 17.4 Å². The molecule has 0 aliphatic carbocycles. The highest BCUT2D eigenvalue weighted by Gasteiger charge is 2.25. The number of carbonyl (C=O) groups excluding carboxylic acids is 1. The predicted octanol–water partition coefficient (Wildman–Crippen LogP) is 0.459. The smallest absolute Gasteiger partial charge is 0.251 e. The van der Waals surface area contributed by atoms with E-state index in [2.05, 4.69) is 10.6 Å². The van der Waals surface area contributed by atoms with E-state index in [1.165, 1.54) is 33.3 Å². The van der Waals surface area contributed by atoms with E-state index in [0.29, 0.717) is 5.56 Å². The highest BCUT2D eigenvalue weighted by atomic mass is 35.5. The van der Waals surface area contributed by atoms with E-state index < -0.39 is 10.0 Å². The summed E-state index contributed by atoms with van der Waals surface area (Å²) in [5.41, 5.74) is 0.299. The molecule has 1 aromatic rings. The van der Waals surface area contributed by atoms with E-state index in [9.17, 15) is 13.2 Å². The van der Waals surface area contributed by atoms with Crippen LogP contribution in [0.4, 0.5) is 0 Å². The van der Waals surface area contributed by atoms with Crippen LogP contribution in [0.1, 0.15) is 16.8 Å². The molecule has 0 spiro atoms. The first-order valence-corrected chi connectivity index (χ1v) is 8.42. The molecule has 0 radical (unpaired) electrons.